The number of aromatic nitrogens is 3. The number of rotatable bonds is 4. The highest BCUT2D eigenvalue weighted by atomic mass is 32.2. The Morgan fingerprint density at radius 2 is 1.83 bits per heavy atom. The van der Waals surface area contributed by atoms with Crippen molar-refractivity contribution >= 4 is 11.8 Å². The summed E-state index contributed by atoms with van der Waals surface area (Å²) in [6, 6.07) is 13.2. The van der Waals surface area contributed by atoms with E-state index in [1.807, 2.05) is 30.3 Å². The summed E-state index contributed by atoms with van der Waals surface area (Å²) in [7, 11) is 0. The highest BCUT2D eigenvalue weighted by molar-refractivity contribution is 7.98. The van der Waals surface area contributed by atoms with Gasteiger partial charge in [0.05, 0.1) is 5.03 Å². The van der Waals surface area contributed by atoms with E-state index in [0.717, 1.165) is 16.3 Å². The predicted molar refractivity (Wildman–Crippen MR) is 78.5 cm³/mol. The average Bonchev–Trinajstić information content (AvgIpc) is 3.05. The van der Waals surface area contributed by atoms with E-state index in [4.69, 9.17) is 0 Å². The summed E-state index contributed by atoms with van der Waals surface area (Å²) in [5, 5.41) is 4.08. The first-order valence-electron chi connectivity index (χ1n) is 6.56. The smallest absolute Gasteiger partial charge is 0.329 e. The van der Waals surface area contributed by atoms with Crippen molar-refractivity contribution in [2.75, 3.05) is 0 Å². The molecule has 3 rings (SSSR count). The lowest BCUT2D eigenvalue weighted by Crippen LogP contribution is -2.04. The van der Waals surface area contributed by atoms with E-state index in [-0.39, 0.29) is 5.82 Å². The van der Waals surface area contributed by atoms with E-state index in [2.05, 4.69) is 19.6 Å². The van der Waals surface area contributed by atoms with Gasteiger partial charge in [0.15, 0.2) is 0 Å². The van der Waals surface area contributed by atoms with Crippen molar-refractivity contribution in [1.82, 2.24) is 15.1 Å². The SMILES string of the molecule is FC(F)(F)c1nc(-c2ccc(SCc3ccccc3)nc2)no1. The number of alkyl halides is 3. The number of hydrogen-bond donors (Lipinski definition) is 0. The fourth-order valence-corrected chi connectivity index (χ4v) is 2.58. The molecule has 118 valence electrons. The molecule has 3 aromatic rings. The van der Waals surface area contributed by atoms with Crippen molar-refractivity contribution < 1.29 is 17.7 Å². The van der Waals surface area contributed by atoms with Gasteiger partial charge < -0.3 is 4.52 Å². The summed E-state index contributed by atoms with van der Waals surface area (Å²) in [4.78, 5) is 7.53. The Kier molecular flexibility index (Phi) is 4.33. The van der Waals surface area contributed by atoms with Crippen LogP contribution in [-0.4, -0.2) is 15.1 Å². The van der Waals surface area contributed by atoms with E-state index >= 15 is 0 Å². The normalized spacial score (nSPS) is 11.6. The van der Waals surface area contributed by atoms with Crippen LogP contribution in [0.3, 0.4) is 0 Å². The van der Waals surface area contributed by atoms with Gasteiger partial charge in [-0.3, -0.25) is 0 Å². The standard InChI is InChI=1S/C15H10F3N3OS/c16-15(17,18)14-20-13(21-22-14)11-6-7-12(19-8-11)23-9-10-4-2-1-3-5-10/h1-8H,9H2. The molecule has 0 aliphatic carbocycles. The van der Waals surface area contributed by atoms with Crippen LogP contribution in [0.2, 0.25) is 0 Å². The lowest BCUT2D eigenvalue weighted by molar-refractivity contribution is -0.159. The molecule has 0 amide bonds. The lowest BCUT2D eigenvalue weighted by Gasteiger charge is -2.01. The fourth-order valence-electron chi connectivity index (χ4n) is 1.79. The minimum absolute atomic E-state index is 0.135. The monoisotopic (exact) mass is 337 g/mol. The second-order valence-corrected chi connectivity index (χ2v) is 5.58. The zero-order valence-corrected chi connectivity index (χ0v) is 12.4. The molecular weight excluding hydrogens is 327 g/mol. The Morgan fingerprint density at radius 3 is 2.43 bits per heavy atom. The molecule has 0 fully saturated rings. The third kappa shape index (κ3) is 3.89. The summed E-state index contributed by atoms with van der Waals surface area (Å²) in [5.74, 6) is -0.743. The van der Waals surface area contributed by atoms with Crippen LogP contribution in [-0.2, 0) is 11.9 Å². The molecular formula is C15H10F3N3OS. The molecule has 0 atom stereocenters. The van der Waals surface area contributed by atoms with E-state index < -0.39 is 12.1 Å². The van der Waals surface area contributed by atoms with Gasteiger partial charge in [0.2, 0.25) is 5.82 Å². The second-order valence-electron chi connectivity index (χ2n) is 4.58. The van der Waals surface area contributed by atoms with Gasteiger partial charge in [0, 0.05) is 17.5 Å². The summed E-state index contributed by atoms with van der Waals surface area (Å²) in [6.45, 7) is 0. The van der Waals surface area contributed by atoms with Crippen LogP contribution in [0.5, 0.6) is 0 Å². The van der Waals surface area contributed by atoms with Gasteiger partial charge in [-0.05, 0) is 17.7 Å². The van der Waals surface area contributed by atoms with Gasteiger partial charge >= 0.3 is 12.1 Å². The summed E-state index contributed by atoms with van der Waals surface area (Å²) in [5.41, 5.74) is 1.53. The molecule has 2 heterocycles. The number of benzene rings is 1. The first-order valence-corrected chi connectivity index (χ1v) is 7.55. The number of thioether (sulfide) groups is 1. The van der Waals surface area contributed by atoms with Crippen molar-refractivity contribution in [3.05, 3.63) is 60.1 Å². The third-order valence-corrected chi connectivity index (χ3v) is 3.91. The van der Waals surface area contributed by atoms with Crippen molar-refractivity contribution in [3.63, 3.8) is 0 Å². The molecule has 0 spiro atoms. The number of nitrogens with zero attached hydrogens (tertiary/aromatic N) is 3. The molecule has 4 nitrogen and oxygen atoms in total. The molecule has 0 N–H and O–H groups in total. The minimum atomic E-state index is -4.65. The third-order valence-electron chi connectivity index (χ3n) is 2.89. The van der Waals surface area contributed by atoms with Crippen LogP contribution in [0, 0.1) is 0 Å². The molecule has 0 aliphatic rings. The Labute approximate surface area is 133 Å². The number of halogens is 3. The number of pyridine rings is 1. The Morgan fingerprint density at radius 1 is 1.04 bits per heavy atom. The molecule has 0 radical (unpaired) electrons. The molecule has 8 heteroatoms. The largest absolute Gasteiger partial charge is 0.471 e. The highest BCUT2D eigenvalue weighted by Gasteiger charge is 2.38. The van der Waals surface area contributed by atoms with E-state index in [1.54, 1.807) is 12.1 Å². The van der Waals surface area contributed by atoms with Crippen LogP contribution >= 0.6 is 11.8 Å². The van der Waals surface area contributed by atoms with E-state index in [9.17, 15) is 13.2 Å². The van der Waals surface area contributed by atoms with Gasteiger partial charge in [-0.25, -0.2) is 4.98 Å². The zero-order chi connectivity index (χ0) is 16.3. The topological polar surface area (TPSA) is 51.8 Å². The predicted octanol–water partition coefficient (Wildman–Crippen LogP) is 4.44. The Balaban J connectivity index is 1.68. The Hall–Kier alpha value is -2.35. The van der Waals surface area contributed by atoms with E-state index in [0.29, 0.717) is 5.56 Å². The van der Waals surface area contributed by atoms with Gasteiger partial charge in [0.1, 0.15) is 0 Å². The number of hydrogen-bond acceptors (Lipinski definition) is 5. The van der Waals surface area contributed by atoms with Gasteiger partial charge in [-0.1, -0.05) is 35.5 Å². The zero-order valence-electron chi connectivity index (χ0n) is 11.6. The first kappa shape index (κ1) is 15.5. The molecule has 2 aromatic heterocycles. The van der Waals surface area contributed by atoms with Crippen molar-refractivity contribution in [3.8, 4) is 11.4 Å². The van der Waals surface area contributed by atoms with Crippen molar-refractivity contribution in [2.45, 2.75) is 17.0 Å². The highest BCUT2D eigenvalue weighted by Crippen LogP contribution is 2.29. The molecule has 0 saturated heterocycles. The van der Waals surface area contributed by atoms with Crippen LogP contribution in [0.25, 0.3) is 11.4 Å². The van der Waals surface area contributed by atoms with Gasteiger partial charge in [-0.15, -0.1) is 11.8 Å². The second kappa shape index (κ2) is 6.41. The first-order chi connectivity index (χ1) is 11.0. The molecule has 23 heavy (non-hydrogen) atoms. The maximum atomic E-state index is 12.4. The quantitative estimate of drug-likeness (QED) is 0.659. The molecule has 1 aromatic carbocycles. The maximum Gasteiger partial charge on any atom is 0.471 e. The minimum Gasteiger partial charge on any atom is -0.329 e. The average molecular weight is 337 g/mol. The van der Waals surface area contributed by atoms with Gasteiger partial charge in [0.25, 0.3) is 0 Å². The summed E-state index contributed by atoms with van der Waals surface area (Å²) < 4.78 is 41.5. The Bertz CT molecular complexity index is 773. The van der Waals surface area contributed by atoms with Crippen LogP contribution in [0.15, 0.2) is 58.2 Å². The molecule has 0 bridgehead atoms. The van der Waals surface area contributed by atoms with Crippen molar-refractivity contribution in [2.24, 2.45) is 0 Å². The van der Waals surface area contributed by atoms with Crippen LogP contribution in [0.1, 0.15) is 11.5 Å². The molecule has 0 unspecified atom stereocenters. The van der Waals surface area contributed by atoms with Gasteiger partial charge in [-0.2, -0.15) is 18.2 Å². The van der Waals surface area contributed by atoms with E-state index in [1.165, 1.54) is 18.0 Å². The van der Waals surface area contributed by atoms with Crippen LogP contribution in [0.4, 0.5) is 13.2 Å². The van der Waals surface area contributed by atoms with Crippen LogP contribution < -0.4 is 0 Å². The fraction of sp³-hybridized carbons (Fsp3) is 0.133. The van der Waals surface area contributed by atoms with Crippen molar-refractivity contribution in [1.29, 1.82) is 0 Å². The molecule has 0 aliphatic heterocycles. The maximum absolute atomic E-state index is 12.4. The summed E-state index contributed by atoms with van der Waals surface area (Å²) >= 11 is 1.53. The molecule has 0 saturated carbocycles. The lowest BCUT2D eigenvalue weighted by atomic mass is 10.2. The summed E-state index contributed by atoms with van der Waals surface area (Å²) in [6.07, 6.45) is -3.22.